The standard InChI is InChI=1S/C17H14FN5OS2/c1-10-8-25-16(20-10)12(7-19)14(24)9-26-17-22-21-15(23(17)2)11-5-3-4-6-13(11)18/h3-6,8,12H,9H2,1-2H3/t12-/m1/s1. The van der Waals surface area contributed by atoms with Gasteiger partial charge in [-0.25, -0.2) is 9.37 Å². The Bertz CT molecular complexity index is 991. The monoisotopic (exact) mass is 387 g/mol. The number of nitriles is 1. The summed E-state index contributed by atoms with van der Waals surface area (Å²) < 4.78 is 15.6. The van der Waals surface area contributed by atoms with Crippen molar-refractivity contribution in [3.8, 4) is 17.5 Å². The Kier molecular flexibility index (Phi) is 5.44. The largest absolute Gasteiger partial charge is 0.305 e. The summed E-state index contributed by atoms with van der Waals surface area (Å²) in [7, 11) is 1.71. The van der Waals surface area contributed by atoms with Crippen molar-refractivity contribution in [1.29, 1.82) is 5.26 Å². The molecular formula is C17H14FN5OS2. The molecule has 1 aromatic carbocycles. The van der Waals surface area contributed by atoms with Crippen LogP contribution < -0.4 is 0 Å². The van der Waals surface area contributed by atoms with Gasteiger partial charge >= 0.3 is 0 Å². The number of carbonyl (C=O) groups is 1. The van der Waals surface area contributed by atoms with Gasteiger partial charge in [0.1, 0.15) is 10.8 Å². The highest BCUT2D eigenvalue weighted by molar-refractivity contribution is 7.99. The molecule has 6 nitrogen and oxygen atoms in total. The first kappa shape index (κ1) is 18.2. The van der Waals surface area contributed by atoms with E-state index in [1.807, 2.05) is 18.4 Å². The Labute approximate surface area is 157 Å². The molecular weight excluding hydrogens is 373 g/mol. The Morgan fingerprint density at radius 1 is 1.42 bits per heavy atom. The number of carbonyl (C=O) groups excluding carboxylic acids is 1. The molecule has 0 N–H and O–H groups in total. The number of hydrogen-bond donors (Lipinski definition) is 0. The average molecular weight is 387 g/mol. The third kappa shape index (κ3) is 3.66. The number of rotatable bonds is 6. The maximum atomic E-state index is 13.9. The van der Waals surface area contributed by atoms with Gasteiger partial charge in [0.15, 0.2) is 22.7 Å². The van der Waals surface area contributed by atoms with Crippen molar-refractivity contribution < 1.29 is 9.18 Å². The molecule has 0 saturated carbocycles. The van der Waals surface area contributed by atoms with Crippen molar-refractivity contribution in [2.24, 2.45) is 7.05 Å². The SMILES string of the molecule is Cc1csc([C@H](C#N)C(=O)CSc2nnc(-c3ccccc3F)n2C)n1. The smallest absolute Gasteiger partial charge is 0.191 e. The second-order valence-corrected chi connectivity index (χ2v) is 7.32. The van der Waals surface area contributed by atoms with Gasteiger partial charge in [-0.05, 0) is 19.1 Å². The minimum atomic E-state index is -0.888. The van der Waals surface area contributed by atoms with Gasteiger partial charge in [-0.3, -0.25) is 4.79 Å². The van der Waals surface area contributed by atoms with E-state index in [4.69, 9.17) is 0 Å². The average Bonchev–Trinajstić information content (AvgIpc) is 3.20. The zero-order valence-corrected chi connectivity index (χ0v) is 15.6. The second kappa shape index (κ2) is 7.76. The van der Waals surface area contributed by atoms with Gasteiger partial charge in [0, 0.05) is 18.1 Å². The topological polar surface area (TPSA) is 84.5 Å². The van der Waals surface area contributed by atoms with E-state index >= 15 is 0 Å². The zero-order valence-electron chi connectivity index (χ0n) is 14.0. The molecule has 1 atom stereocenters. The molecule has 2 aromatic heterocycles. The minimum Gasteiger partial charge on any atom is -0.305 e. The van der Waals surface area contributed by atoms with Crippen LogP contribution in [0.5, 0.6) is 0 Å². The molecule has 0 amide bonds. The van der Waals surface area contributed by atoms with Crippen molar-refractivity contribution in [3.63, 3.8) is 0 Å². The normalized spacial score (nSPS) is 11.9. The van der Waals surface area contributed by atoms with Gasteiger partial charge in [-0.1, -0.05) is 23.9 Å². The zero-order chi connectivity index (χ0) is 18.7. The lowest BCUT2D eigenvalue weighted by atomic mass is 10.1. The minimum absolute atomic E-state index is 0.0557. The van der Waals surface area contributed by atoms with Gasteiger partial charge < -0.3 is 4.57 Å². The van der Waals surface area contributed by atoms with E-state index in [9.17, 15) is 14.4 Å². The molecule has 2 heterocycles. The highest BCUT2D eigenvalue weighted by Crippen LogP contribution is 2.27. The summed E-state index contributed by atoms with van der Waals surface area (Å²) in [6, 6.07) is 8.31. The number of nitrogens with zero attached hydrogens (tertiary/aromatic N) is 5. The number of aryl methyl sites for hydroxylation is 1. The summed E-state index contributed by atoms with van der Waals surface area (Å²) in [6.07, 6.45) is 0. The van der Waals surface area contributed by atoms with Crippen molar-refractivity contribution >= 4 is 28.9 Å². The fourth-order valence-electron chi connectivity index (χ4n) is 2.31. The van der Waals surface area contributed by atoms with Crippen molar-refractivity contribution in [2.75, 3.05) is 5.75 Å². The molecule has 3 aromatic rings. The van der Waals surface area contributed by atoms with Gasteiger partial charge in [-0.15, -0.1) is 21.5 Å². The summed E-state index contributed by atoms with van der Waals surface area (Å²) >= 11 is 2.46. The first-order chi connectivity index (χ1) is 12.5. The number of thiazole rings is 1. The van der Waals surface area contributed by atoms with Crippen LogP contribution >= 0.6 is 23.1 Å². The van der Waals surface area contributed by atoms with Crippen LogP contribution in [0.25, 0.3) is 11.4 Å². The lowest BCUT2D eigenvalue weighted by Gasteiger charge is -2.06. The van der Waals surface area contributed by atoms with Crippen LogP contribution in [0.1, 0.15) is 16.6 Å². The van der Waals surface area contributed by atoms with Crippen LogP contribution in [-0.4, -0.2) is 31.3 Å². The van der Waals surface area contributed by atoms with Crippen molar-refractivity contribution in [1.82, 2.24) is 19.7 Å². The first-order valence-electron chi connectivity index (χ1n) is 7.62. The highest BCUT2D eigenvalue weighted by Gasteiger charge is 2.24. The van der Waals surface area contributed by atoms with Gasteiger partial charge in [0.05, 0.1) is 17.4 Å². The van der Waals surface area contributed by atoms with Crippen molar-refractivity contribution in [3.05, 3.63) is 46.2 Å². The van der Waals surface area contributed by atoms with E-state index in [0.29, 0.717) is 21.6 Å². The number of Topliss-reactive ketones (excluding diaryl/α,β-unsaturated/α-hetero) is 1. The number of thioether (sulfide) groups is 1. The first-order valence-corrected chi connectivity index (χ1v) is 9.49. The van der Waals surface area contributed by atoms with Gasteiger partial charge in [-0.2, -0.15) is 5.26 Å². The molecule has 26 heavy (non-hydrogen) atoms. The molecule has 132 valence electrons. The van der Waals surface area contributed by atoms with E-state index in [2.05, 4.69) is 15.2 Å². The van der Waals surface area contributed by atoms with Gasteiger partial charge in [0.2, 0.25) is 0 Å². The van der Waals surface area contributed by atoms with Crippen LogP contribution in [0, 0.1) is 24.1 Å². The molecule has 0 saturated heterocycles. The molecule has 0 spiro atoms. The highest BCUT2D eigenvalue weighted by atomic mass is 32.2. The van der Waals surface area contributed by atoms with Crippen LogP contribution in [0.2, 0.25) is 0 Å². The van der Waals surface area contributed by atoms with Crippen molar-refractivity contribution in [2.45, 2.75) is 18.0 Å². The lowest BCUT2D eigenvalue weighted by Crippen LogP contribution is -2.13. The van der Waals surface area contributed by atoms with Crippen LogP contribution in [-0.2, 0) is 11.8 Å². The van der Waals surface area contributed by atoms with Crippen LogP contribution in [0.4, 0.5) is 4.39 Å². The Hall–Kier alpha value is -2.57. The third-order valence-corrected chi connectivity index (χ3v) is 5.70. The summed E-state index contributed by atoms with van der Waals surface area (Å²) in [5.74, 6) is -1.09. The summed E-state index contributed by atoms with van der Waals surface area (Å²) in [6.45, 7) is 1.82. The molecule has 9 heteroatoms. The van der Waals surface area contributed by atoms with Crippen LogP contribution in [0.15, 0.2) is 34.8 Å². The summed E-state index contributed by atoms with van der Waals surface area (Å²) in [5, 5.41) is 20.1. The molecule has 0 unspecified atom stereocenters. The molecule has 0 fully saturated rings. The second-order valence-electron chi connectivity index (χ2n) is 5.49. The summed E-state index contributed by atoms with van der Waals surface area (Å²) in [4.78, 5) is 16.6. The summed E-state index contributed by atoms with van der Waals surface area (Å²) in [5.41, 5.74) is 1.13. The Balaban J connectivity index is 1.73. The third-order valence-electron chi connectivity index (χ3n) is 3.63. The van der Waals surface area contributed by atoms with E-state index in [0.717, 1.165) is 17.5 Å². The number of halogens is 1. The maximum absolute atomic E-state index is 13.9. The Morgan fingerprint density at radius 3 is 2.85 bits per heavy atom. The number of hydrogen-bond acceptors (Lipinski definition) is 7. The predicted molar refractivity (Wildman–Crippen MR) is 97.3 cm³/mol. The fraction of sp³-hybridized carbons (Fsp3) is 0.235. The quantitative estimate of drug-likeness (QED) is 0.603. The van der Waals surface area contributed by atoms with E-state index in [-0.39, 0.29) is 17.4 Å². The van der Waals surface area contributed by atoms with E-state index in [1.165, 1.54) is 17.4 Å². The lowest BCUT2D eigenvalue weighted by molar-refractivity contribution is -0.116. The fourth-order valence-corrected chi connectivity index (χ4v) is 3.98. The molecule has 3 rings (SSSR count). The molecule has 0 aliphatic carbocycles. The van der Waals surface area contributed by atoms with E-state index < -0.39 is 5.92 Å². The van der Waals surface area contributed by atoms with Crippen LogP contribution in [0.3, 0.4) is 0 Å². The number of aromatic nitrogens is 4. The number of ketones is 1. The molecule has 0 radical (unpaired) electrons. The molecule has 0 bridgehead atoms. The molecule has 0 aliphatic heterocycles. The maximum Gasteiger partial charge on any atom is 0.191 e. The van der Waals surface area contributed by atoms with Gasteiger partial charge in [0.25, 0.3) is 0 Å². The predicted octanol–water partition coefficient (Wildman–Crippen LogP) is 3.35. The Morgan fingerprint density at radius 2 is 2.19 bits per heavy atom. The molecule has 0 aliphatic rings. The number of benzene rings is 1. The van der Waals surface area contributed by atoms with E-state index in [1.54, 1.807) is 29.8 Å².